The number of halogens is 3. The zero-order valence-electron chi connectivity index (χ0n) is 32.4. The van der Waals surface area contributed by atoms with Crippen LogP contribution in [-0.4, -0.2) is 37.6 Å². The molecule has 1 aliphatic rings. The van der Waals surface area contributed by atoms with Crippen molar-refractivity contribution in [2.75, 3.05) is 18.0 Å². The fourth-order valence-electron chi connectivity index (χ4n) is 7.57. The van der Waals surface area contributed by atoms with Crippen LogP contribution < -0.4 is 13.8 Å². The van der Waals surface area contributed by atoms with Crippen LogP contribution in [-0.2, 0) is 46.0 Å². The number of aryl methyl sites for hydroxylation is 2. The number of fused-ring (bicyclic) bond motifs is 1. The van der Waals surface area contributed by atoms with Crippen LogP contribution in [0, 0.1) is 18.8 Å². The van der Waals surface area contributed by atoms with Gasteiger partial charge in [-0.15, -0.1) is 0 Å². The molecule has 1 saturated carbocycles. The first-order chi connectivity index (χ1) is 27.8. The van der Waals surface area contributed by atoms with Gasteiger partial charge >= 0.3 is 12.1 Å². The van der Waals surface area contributed by atoms with Crippen molar-refractivity contribution in [1.29, 1.82) is 0 Å². The van der Waals surface area contributed by atoms with E-state index in [0.717, 1.165) is 46.6 Å². The number of esters is 1. The molecule has 7 rings (SSSR count). The number of anilines is 1. The lowest BCUT2D eigenvalue weighted by Crippen LogP contribution is -2.37. The number of hydrogen-bond acceptors (Lipinski definition) is 7. The quantitative estimate of drug-likeness (QED) is 0.107. The summed E-state index contributed by atoms with van der Waals surface area (Å²) in [7, 11) is -0.569. The molecule has 58 heavy (non-hydrogen) atoms. The highest BCUT2D eigenvalue weighted by Gasteiger charge is 2.41. The van der Waals surface area contributed by atoms with E-state index in [1.165, 1.54) is 17.4 Å². The van der Waals surface area contributed by atoms with E-state index in [2.05, 4.69) is 4.98 Å². The fraction of sp³-hybridized carbons (Fsp3) is 0.289. The van der Waals surface area contributed by atoms with Gasteiger partial charge in [0.2, 0.25) is 0 Å². The number of imidazole rings is 1. The zero-order valence-corrected chi connectivity index (χ0v) is 33.2. The van der Waals surface area contributed by atoms with Crippen molar-refractivity contribution >= 4 is 32.7 Å². The summed E-state index contributed by atoms with van der Waals surface area (Å²) in [6, 6.07) is 33.6. The Hall–Kier alpha value is -5.82. The molecule has 0 unspecified atom stereocenters. The smallest absolute Gasteiger partial charge is 0.416 e. The first kappa shape index (κ1) is 40.4. The van der Waals surface area contributed by atoms with Crippen LogP contribution in [0.1, 0.15) is 53.3 Å². The molecule has 9 nitrogen and oxygen atoms in total. The summed E-state index contributed by atoms with van der Waals surface area (Å²) >= 11 is 0. The number of benzene rings is 5. The Kier molecular flexibility index (Phi) is 11.8. The molecule has 13 heteroatoms. The van der Waals surface area contributed by atoms with Gasteiger partial charge in [-0.3, -0.25) is 9.10 Å². The lowest BCUT2D eigenvalue weighted by Gasteiger charge is -2.37. The summed E-state index contributed by atoms with van der Waals surface area (Å²) < 4.78 is 90.0. The van der Waals surface area contributed by atoms with Crippen LogP contribution in [0.15, 0.2) is 126 Å². The molecule has 0 amide bonds. The normalized spacial score (nSPS) is 17.2. The van der Waals surface area contributed by atoms with Gasteiger partial charge in [0.1, 0.15) is 19.0 Å². The molecule has 0 radical (unpaired) electrons. The number of ether oxygens (including phenoxy) is 3. The number of alkyl halides is 3. The van der Waals surface area contributed by atoms with Gasteiger partial charge in [-0.25, -0.2) is 13.4 Å². The average molecular weight is 812 g/mol. The molecule has 3 atom stereocenters. The number of rotatable bonds is 13. The molecule has 5 aromatic carbocycles. The minimum atomic E-state index is -4.59. The van der Waals surface area contributed by atoms with Gasteiger partial charge in [0, 0.05) is 20.0 Å². The summed E-state index contributed by atoms with van der Waals surface area (Å²) in [4.78, 5) is 18.7. The van der Waals surface area contributed by atoms with Crippen molar-refractivity contribution in [3.05, 3.63) is 149 Å². The van der Waals surface area contributed by atoms with Gasteiger partial charge in [0.05, 0.1) is 39.7 Å². The van der Waals surface area contributed by atoms with E-state index in [4.69, 9.17) is 14.2 Å². The number of carbonyl (C=O) groups is 1. The van der Waals surface area contributed by atoms with Crippen molar-refractivity contribution in [1.82, 2.24) is 9.55 Å². The van der Waals surface area contributed by atoms with Gasteiger partial charge in [-0.1, -0.05) is 79.2 Å². The van der Waals surface area contributed by atoms with Crippen molar-refractivity contribution < 1.29 is 40.6 Å². The SMILES string of the molecule is Cc1nc2cc(S(=O)(=O)N(C)c3ccc([C@H]4CCC[C@@H](COc5ccc(C(F)(F)F)cc5OCc5ccccc5)[C@@H]4C(=O)OCc4ccccc4)cc3)ccc2n1C. The number of sulfonamides is 1. The Morgan fingerprint density at radius 3 is 2.17 bits per heavy atom. The third-order valence-electron chi connectivity index (χ3n) is 10.9. The lowest BCUT2D eigenvalue weighted by molar-refractivity contribution is -0.155. The summed E-state index contributed by atoms with van der Waals surface area (Å²) in [5, 5.41) is 0. The Morgan fingerprint density at radius 1 is 0.828 bits per heavy atom. The Labute approximate surface area is 336 Å². The number of carbonyl (C=O) groups excluding carboxylic acids is 1. The second-order valence-electron chi connectivity index (χ2n) is 14.6. The minimum Gasteiger partial charge on any atom is -0.489 e. The monoisotopic (exact) mass is 811 g/mol. The van der Waals surface area contributed by atoms with E-state index in [1.807, 2.05) is 91.3 Å². The van der Waals surface area contributed by atoms with E-state index in [1.54, 1.807) is 30.3 Å². The van der Waals surface area contributed by atoms with Gasteiger partial charge < -0.3 is 18.8 Å². The van der Waals surface area contributed by atoms with Crippen LogP contribution >= 0.6 is 0 Å². The number of hydrogen-bond donors (Lipinski definition) is 0. The lowest BCUT2D eigenvalue weighted by atomic mass is 9.69. The summed E-state index contributed by atoms with van der Waals surface area (Å²) in [6.07, 6.45) is -2.57. The van der Waals surface area contributed by atoms with E-state index in [0.29, 0.717) is 24.0 Å². The molecule has 1 aliphatic carbocycles. The van der Waals surface area contributed by atoms with Crippen molar-refractivity contribution in [3.8, 4) is 11.5 Å². The molecule has 0 spiro atoms. The first-order valence-corrected chi connectivity index (χ1v) is 20.5. The second-order valence-corrected chi connectivity index (χ2v) is 16.6. The number of nitrogens with zero attached hydrogens (tertiary/aromatic N) is 3. The topological polar surface area (TPSA) is 100.0 Å². The van der Waals surface area contributed by atoms with Crippen LogP contribution in [0.5, 0.6) is 11.5 Å². The second kappa shape index (κ2) is 17.0. The van der Waals surface area contributed by atoms with Gasteiger partial charge in [-0.2, -0.15) is 13.2 Å². The summed E-state index contributed by atoms with van der Waals surface area (Å²) in [6.45, 7) is 1.98. The Bertz CT molecular complexity index is 2480. The highest BCUT2D eigenvalue weighted by molar-refractivity contribution is 7.92. The predicted octanol–water partition coefficient (Wildman–Crippen LogP) is 9.63. The highest BCUT2D eigenvalue weighted by atomic mass is 32.2. The van der Waals surface area contributed by atoms with Crippen LogP contribution in [0.2, 0.25) is 0 Å². The molecule has 1 fully saturated rings. The third kappa shape index (κ3) is 8.84. The van der Waals surface area contributed by atoms with Gasteiger partial charge in [-0.05, 0) is 90.9 Å². The maximum Gasteiger partial charge on any atom is 0.416 e. The Balaban J connectivity index is 1.13. The van der Waals surface area contributed by atoms with Crippen molar-refractivity contribution in [3.63, 3.8) is 0 Å². The highest BCUT2D eigenvalue weighted by Crippen LogP contribution is 2.44. The molecular weight excluding hydrogens is 768 g/mol. The Morgan fingerprint density at radius 2 is 1.50 bits per heavy atom. The first-order valence-electron chi connectivity index (χ1n) is 19.0. The molecule has 0 saturated heterocycles. The molecule has 0 N–H and O–H groups in total. The van der Waals surface area contributed by atoms with Crippen molar-refractivity contribution in [2.24, 2.45) is 18.9 Å². The maximum atomic E-state index is 14.1. The van der Waals surface area contributed by atoms with E-state index in [-0.39, 0.29) is 48.1 Å². The summed E-state index contributed by atoms with van der Waals surface area (Å²) in [5.41, 5.74) is 3.41. The predicted molar refractivity (Wildman–Crippen MR) is 215 cm³/mol. The molecule has 6 aromatic rings. The van der Waals surface area contributed by atoms with Crippen LogP contribution in [0.3, 0.4) is 0 Å². The molecule has 1 heterocycles. The van der Waals surface area contributed by atoms with E-state index in [9.17, 15) is 26.4 Å². The average Bonchev–Trinajstić information content (AvgIpc) is 3.52. The largest absolute Gasteiger partial charge is 0.489 e. The number of aromatic nitrogens is 2. The van der Waals surface area contributed by atoms with Crippen LogP contribution in [0.4, 0.5) is 18.9 Å². The zero-order chi connectivity index (χ0) is 41.0. The molecular formula is C45H44F3N3O6S. The van der Waals surface area contributed by atoms with Gasteiger partial charge in [0.25, 0.3) is 10.0 Å². The molecule has 0 bridgehead atoms. The van der Waals surface area contributed by atoms with Gasteiger partial charge in [0.15, 0.2) is 11.5 Å². The van der Waals surface area contributed by atoms with E-state index < -0.39 is 33.7 Å². The van der Waals surface area contributed by atoms with Crippen LogP contribution in [0.25, 0.3) is 11.0 Å². The standard InChI is InChI=1S/C45H44F3N3O6S/c1-30-49-39-26-37(22-23-40(39)50(30)2)58(53,54)51(3)36-20-17-33(18-21-36)38-16-10-15-34(43(38)44(52)57-28-32-13-8-5-9-14-32)29-56-41-24-19-35(45(46,47)48)25-42(41)55-27-31-11-6-4-7-12-31/h4-9,11-14,17-26,34,38,43H,10,15-16,27-29H2,1-3H3/t34-,38+,43-/m0/s1. The minimum absolute atomic E-state index is 0.0217. The molecule has 302 valence electrons. The fourth-order valence-corrected chi connectivity index (χ4v) is 8.78. The van der Waals surface area contributed by atoms with Crippen molar-refractivity contribution in [2.45, 2.75) is 56.4 Å². The third-order valence-corrected chi connectivity index (χ3v) is 12.7. The summed E-state index contributed by atoms with van der Waals surface area (Å²) in [5.74, 6) is -0.908. The molecule has 1 aromatic heterocycles. The van der Waals surface area contributed by atoms with E-state index >= 15 is 0 Å². The maximum absolute atomic E-state index is 14.1. The molecule has 0 aliphatic heterocycles.